The molecule has 0 spiro atoms. The van der Waals surface area contributed by atoms with Gasteiger partial charge in [-0.1, -0.05) is 32.4 Å². The average molecular weight is 419 g/mol. The summed E-state index contributed by atoms with van der Waals surface area (Å²) in [5.41, 5.74) is -0.845. The lowest BCUT2D eigenvalue weighted by Gasteiger charge is -2.55. The van der Waals surface area contributed by atoms with Crippen LogP contribution in [0.25, 0.3) is 0 Å². The minimum Gasteiger partial charge on any atom is -0.450 e. The third-order valence-electron chi connectivity index (χ3n) is 8.72. The minimum absolute atomic E-state index is 0.0123. The number of ether oxygens (including phenoxy) is 1. The van der Waals surface area contributed by atoms with Gasteiger partial charge in [-0.25, -0.2) is 4.39 Å². The molecule has 2 fully saturated rings. The zero-order valence-electron chi connectivity index (χ0n) is 18.2. The molecule has 30 heavy (non-hydrogen) atoms. The summed E-state index contributed by atoms with van der Waals surface area (Å²) in [4.78, 5) is 37.0. The van der Waals surface area contributed by atoms with Crippen LogP contribution in [-0.4, -0.2) is 41.0 Å². The molecule has 0 aliphatic heterocycles. The number of rotatable bonds is 3. The molecule has 5 nitrogen and oxygen atoms in total. The number of halogens is 1. The zero-order valence-corrected chi connectivity index (χ0v) is 18.2. The quantitative estimate of drug-likeness (QED) is 0.561. The lowest BCUT2D eigenvalue weighted by Crippen LogP contribution is -2.60. The third-order valence-corrected chi connectivity index (χ3v) is 8.72. The lowest BCUT2D eigenvalue weighted by atomic mass is 9.50. The van der Waals surface area contributed by atoms with Gasteiger partial charge in [0.1, 0.15) is 12.8 Å². The van der Waals surface area contributed by atoms with Crippen molar-refractivity contribution in [1.82, 2.24) is 0 Å². The van der Waals surface area contributed by atoms with Crippen molar-refractivity contribution in [1.29, 1.82) is 0 Å². The van der Waals surface area contributed by atoms with E-state index in [9.17, 15) is 19.5 Å². The van der Waals surface area contributed by atoms with Gasteiger partial charge in [0.15, 0.2) is 11.4 Å². The summed E-state index contributed by atoms with van der Waals surface area (Å²) >= 11 is 0. The summed E-state index contributed by atoms with van der Waals surface area (Å²) in [5, 5.41) is 9.73. The second-order valence-corrected chi connectivity index (χ2v) is 10.1. The first-order valence-electron chi connectivity index (χ1n) is 10.9. The van der Waals surface area contributed by atoms with Crippen molar-refractivity contribution in [2.75, 3.05) is 6.61 Å². The van der Waals surface area contributed by atoms with Crippen molar-refractivity contribution in [2.24, 2.45) is 28.6 Å². The summed E-state index contributed by atoms with van der Waals surface area (Å²) in [6.45, 7) is 6.47. The van der Waals surface area contributed by atoms with Crippen molar-refractivity contribution in [3.05, 3.63) is 23.3 Å². The molecule has 0 heterocycles. The van der Waals surface area contributed by atoms with E-state index in [-0.39, 0.29) is 30.0 Å². The van der Waals surface area contributed by atoms with E-state index in [0.717, 1.165) is 0 Å². The molecule has 0 aromatic heterocycles. The Morgan fingerprint density at radius 1 is 1.27 bits per heavy atom. The topological polar surface area (TPSA) is 80.7 Å². The van der Waals surface area contributed by atoms with Crippen LogP contribution in [0, 0.1) is 28.6 Å². The van der Waals surface area contributed by atoms with Crippen molar-refractivity contribution in [2.45, 2.75) is 71.6 Å². The Hall–Kier alpha value is -1.82. The van der Waals surface area contributed by atoms with E-state index < -0.39 is 41.0 Å². The number of alkyl halides is 1. The van der Waals surface area contributed by atoms with Gasteiger partial charge < -0.3 is 9.84 Å². The number of aliphatic hydroxyl groups is 1. The van der Waals surface area contributed by atoms with Crippen LogP contribution in [0.2, 0.25) is 0 Å². The van der Waals surface area contributed by atoms with Gasteiger partial charge in [-0.15, -0.1) is 0 Å². The van der Waals surface area contributed by atoms with E-state index in [1.165, 1.54) is 18.6 Å². The Balaban J connectivity index is 1.84. The van der Waals surface area contributed by atoms with Crippen LogP contribution in [0.3, 0.4) is 0 Å². The largest absolute Gasteiger partial charge is 0.450 e. The standard InChI is InChI=1S/C24H31FO5/c1-13-9-18-16-11-20(25)19-10-15(28)5-7-22(19,3)17(16)6-8-23(18,4)24(13,21(29)12-26)30-14(2)27/h6,10,13,16,18,20,26H,5,7-9,11-12H2,1-4H3/t13-,16-,18-,20+,22-,23-,24+/m1/s1. The minimum atomic E-state index is -1.41. The van der Waals surface area contributed by atoms with Crippen LogP contribution in [0.5, 0.6) is 0 Å². The molecule has 0 bridgehead atoms. The predicted octanol–water partition coefficient (Wildman–Crippen LogP) is 3.50. The van der Waals surface area contributed by atoms with Gasteiger partial charge in [-0.05, 0) is 49.2 Å². The first-order valence-corrected chi connectivity index (χ1v) is 10.9. The number of hydrogen-bond acceptors (Lipinski definition) is 5. The number of carbonyl (C=O) groups is 3. The van der Waals surface area contributed by atoms with Gasteiger partial charge in [0.05, 0.1) is 0 Å². The van der Waals surface area contributed by atoms with E-state index in [1.807, 2.05) is 20.8 Å². The molecule has 4 aliphatic rings. The molecule has 0 unspecified atom stereocenters. The van der Waals surface area contributed by atoms with Crippen molar-refractivity contribution < 1.29 is 28.6 Å². The van der Waals surface area contributed by atoms with Crippen LogP contribution >= 0.6 is 0 Å². The molecule has 0 aromatic carbocycles. The maximum atomic E-state index is 15.4. The molecule has 0 saturated heterocycles. The highest BCUT2D eigenvalue weighted by Gasteiger charge is 2.70. The Kier molecular flexibility index (Phi) is 4.88. The van der Waals surface area contributed by atoms with Crippen molar-refractivity contribution in [3.63, 3.8) is 0 Å². The van der Waals surface area contributed by atoms with Crippen LogP contribution < -0.4 is 0 Å². The Morgan fingerprint density at radius 3 is 2.60 bits per heavy atom. The fourth-order valence-corrected chi connectivity index (χ4v) is 7.40. The predicted molar refractivity (Wildman–Crippen MR) is 108 cm³/mol. The average Bonchev–Trinajstić information content (AvgIpc) is 2.90. The Bertz CT molecular complexity index is 875. The van der Waals surface area contributed by atoms with Gasteiger partial charge in [0.2, 0.25) is 5.78 Å². The van der Waals surface area contributed by atoms with Gasteiger partial charge in [-0.2, -0.15) is 0 Å². The molecule has 6 heteroatoms. The molecular weight excluding hydrogens is 387 g/mol. The maximum Gasteiger partial charge on any atom is 0.303 e. The highest BCUT2D eigenvalue weighted by atomic mass is 19.1. The van der Waals surface area contributed by atoms with E-state index in [4.69, 9.17) is 4.74 Å². The molecule has 4 aliphatic carbocycles. The molecule has 1 N–H and O–H groups in total. The second-order valence-electron chi connectivity index (χ2n) is 10.1. The van der Waals surface area contributed by atoms with Crippen LogP contribution in [0.1, 0.15) is 59.8 Å². The SMILES string of the molecule is CC(=O)O[C@]1(C(=O)CO)[C@H](C)C[C@@H]2[C@@H]3C[C@H](F)C4=CC(=O)CC[C@]4(C)C3=CC[C@]21C. The maximum absolute atomic E-state index is 15.4. The molecule has 164 valence electrons. The smallest absolute Gasteiger partial charge is 0.303 e. The fourth-order valence-electron chi connectivity index (χ4n) is 7.40. The van der Waals surface area contributed by atoms with Gasteiger partial charge in [0.25, 0.3) is 0 Å². The van der Waals surface area contributed by atoms with Crippen LogP contribution in [0.4, 0.5) is 4.39 Å². The van der Waals surface area contributed by atoms with E-state index in [1.54, 1.807) is 0 Å². The van der Waals surface area contributed by atoms with E-state index in [2.05, 4.69) is 6.08 Å². The van der Waals surface area contributed by atoms with E-state index in [0.29, 0.717) is 31.3 Å². The van der Waals surface area contributed by atoms with Crippen molar-refractivity contribution >= 4 is 17.5 Å². The van der Waals surface area contributed by atoms with Gasteiger partial charge in [-0.3, -0.25) is 14.4 Å². The normalized spacial score (nSPS) is 44.9. The number of aliphatic hydroxyl groups excluding tert-OH is 1. The summed E-state index contributed by atoms with van der Waals surface area (Å²) in [6, 6.07) is 0. The second kappa shape index (κ2) is 6.84. The highest BCUT2D eigenvalue weighted by Crippen LogP contribution is 2.68. The van der Waals surface area contributed by atoms with Crippen LogP contribution in [0.15, 0.2) is 23.3 Å². The summed E-state index contributed by atoms with van der Waals surface area (Å²) in [6.07, 6.45) is 4.85. The number of hydrogen-bond donors (Lipinski definition) is 1. The molecule has 0 aromatic rings. The van der Waals surface area contributed by atoms with Gasteiger partial charge >= 0.3 is 5.97 Å². The third kappa shape index (κ3) is 2.58. The van der Waals surface area contributed by atoms with Crippen molar-refractivity contribution in [3.8, 4) is 0 Å². The Labute approximate surface area is 176 Å². The lowest BCUT2D eigenvalue weighted by molar-refractivity contribution is -0.188. The monoisotopic (exact) mass is 418 g/mol. The zero-order chi connectivity index (χ0) is 22.1. The summed E-state index contributed by atoms with van der Waals surface area (Å²) in [7, 11) is 0. The number of Topliss-reactive ketones (excluding diaryl/α,β-unsaturated/α-hetero) is 1. The number of carbonyl (C=O) groups excluding carboxylic acids is 3. The molecule has 2 saturated carbocycles. The Morgan fingerprint density at radius 2 is 1.97 bits per heavy atom. The molecule has 7 atom stereocenters. The number of allylic oxidation sites excluding steroid dienone is 4. The molecule has 0 radical (unpaired) electrons. The molecular formula is C24H31FO5. The molecule has 4 rings (SSSR count). The summed E-state index contributed by atoms with van der Waals surface area (Å²) in [5.74, 6) is -1.44. The fraction of sp³-hybridized carbons (Fsp3) is 0.708. The number of esters is 1. The highest BCUT2D eigenvalue weighted by molar-refractivity contribution is 5.93. The molecule has 0 amide bonds. The first kappa shape index (κ1) is 21.4. The first-order chi connectivity index (χ1) is 14.0. The van der Waals surface area contributed by atoms with Crippen LogP contribution in [-0.2, 0) is 19.1 Å². The number of fused-ring (bicyclic) bond motifs is 5. The van der Waals surface area contributed by atoms with Gasteiger partial charge in [0, 0.05) is 30.1 Å². The van der Waals surface area contributed by atoms with E-state index >= 15 is 4.39 Å². The summed E-state index contributed by atoms with van der Waals surface area (Å²) < 4.78 is 21.1. The number of ketones is 2.